The molecule has 0 spiro atoms. The lowest BCUT2D eigenvalue weighted by Crippen LogP contribution is -2.45. The van der Waals surface area contributed by atoms with Crippen LogP contribution in [0.2, 0.25) is 0 Å². The van der Waals surface area contributed by atoms with Gasteiger partial charge in [0.25, 0.3) is 0 Å². The summed E-state index contributed by atoms with van der Waals surface area (Å²) in [6.45, 7) is 1.60. The van der Waals surface area contributed by atoms with Gasteiger partial charge in [0.05, 0.1) is 6.61 Å². The fourth-order valence-electron chi connectivity index (χ4n) is 2.24. The molecular weight excluding hydrogens is 169 g/mol. The van der Waals surface area contributed by atoms with Crippen molar-refractivity contribution < 1.29 is 9.13 Å². The molecule has 0 bridgehead atoms. The van der Waals surface area contributed by atoms with Crippen LogP contribution < -0.4 is 5.32 Å². The lowest BCUT2D eigenvalue weighted by molar-refractivity contribution is 0.159. The van der Waals surface area contributed by atoms with Gasteiger partial charge in [-0.2, -0.15) is 0 Å². The van der Waals surface area contributed by atoms with E-state index in [1.54, 1.807) is 0 Å². The second kappa shape index (κ2) is 4.38. The topological polar surface area (TPSA) is 21.3 Å². The number of alkyl halides is 1. The molecule has 1 N–H and O–H groups in total. The lowest BCUT2D eigenvalue weighted by Gasteiger charge is -2.29. The Morgan fingerprint density at radius 2 is 2.00 bits per heavy atom. The van der Waals surface area contributed by atoms with Gasteiger partial charge >= 0.3 is 0 Å². The third kappa shape index (κ3) is 2.41. The van der Waals surface area contributed by atoms with Crippen molar-refractivity contribution in [3.05, 3.63) is 0 Å². The van der Waals surface area contributed by atoms with E-state index >= 15 is 0 Å². The molecule has 76 valence electrons. The van der Waals surface area contributed by atoms with E-state index in [2.05, 4.69) is 5.32 Å². The maximum absolute atomic E-state index is 13.4. The van der Waals surface area contributed by atoms with Crippen LogP contribution in [0.15, 0.2) is 0 Å². The smallest absolute Gasteiger partial charge is 0.115 e. The van der Waals surface area contributed by atoms with E-state index in [0.29, 0.717) is 6.04 Å². The van der Waals surface area contributed by atoms with Gasteiger partial charge in [-0.15, -0.1) is 0 Å². The first kappa shape index (κ1) is 9.41. The largest absolute Gasteiger partial charge is 0.380 e. The SMILES string of the molecule is F[C@@H]1CCCC[C@H]1NC1CCOC1. The standard InChI is InChI=1S/C10H18FNO/c11-9-3-1-2-4-10(9)12-8-5-6-13-7-8/h8-10,12H,1-7H2/t8?,9-,10-/m1/s1. The highest BCUT2D eigenvalue weighted by Crippen LogP contribution is 2.22. The molecular formula is C10H18FNO. The molecule has 3 heteroatoms. The van der Waals surface area contributed by atoms with Gasteiger partial charge in [-0.25, -0.2) is 4.39 Å². The summed E-state index contributed by atoms with van der Waals surface area (Å²) in [4.78, 5) is 0. The fourth-order valence-corrected chi connectivity index (χ4v) is 2.24. The summed E-state index contributed by atoms with van der Waals surface area (Å²) in [5, 5.41) is 3.37. The summed E-state index contributed by atoms with van der Waals surface area (Å²) >= 11 is 0. The predicted octanol–water partition coefficient (Wildman–Crippen LogP) is 1.65. The Labute approximate surface area is 78.8 Å². The molecule has 2 fully saturated rings. The zero-order valence-corrected chi connectivity index (χ0v) is 7.97. The van der Waals surface area contributed by atoms with Crippen molar-refractivity contribution >= 4 is 0 Å². The number of rotatable bonds is 2. The molecule has 1 aliphatic heterocycles. The fraction of sp³-hybridized carbons (Fsp3) is 1.00. The van der Waals surface area contributed by atoms with Gasteiger partial charge < -0.3 is 10.1 Å². The molecule has 0 radical (unpaired) electrons. The zero-order valence-electron chi connectivity index (χ0n) is 7.97. The molecule has 0 aromatic rings. The van der Waals surface area contributed by atoms with Crippen LogP contribution in [0.5, 0.6) is 0 Å². The van der Waals surface area contributed by atoms with E-state index in [9.17, 15) is 4.39 Å². The van der Waals surface area contributed by atoms with Gasteiger partial charge in [0.1, 0.15) is 6.17 Å². The van der Waals surface area contributed by atoms with Gasteiger partial charge in [-0.05, 0) is 19.3 Å². The Morgan fingerprint density at radius 3 is 2.69 bits per heavy atom. The predicted molar refractivity (Wildman–Crippen MR) is 49.5 cm³/mol. The van der Waals surface area contributed by atoms with E-state index < -0.39 is 6.17 Å². The number of halogens is 1. The van der Waals surface area contributed by atoms with Crippen LogP contribution in [0.3, 0.4) is 0 Å². The van der Waals surface area contributed by atoms with Crippen molar-refractivity contribution in [2.24, 2.45) is 0 Å². The summed E-state index contributed by atoms with van der Waals surface area (Å²) in [6.07, 6.45) is 4.38. The Kier molecular flexibility index (Phi) is 3.17. The van der Waals surface area contributed by atoms with Crippen molar-refractivity contribution in [2.45, 2.75) is 50.4 Å². The van der Waals surface area contributed by atoms with E-state index in [0.717, 1.165) is 38.9 Å². The average Bonchev–Trinajstić information content (AvgIpc) is 2.61. The Bertz CT molecular complexity index is 159. The quantitative estimate of drug-likeness (QED) is 0.709. The first-order valence-corrected chi connectivity index (χ1v) is 5.34. The molecule has 1 saturated heterocycles. The normalized spacial score (nSPS) is 40.8. The summed E-state index contributed by atoms with van der Waals surface area (Å²) in [6, 6.07) is 0.502. The highest BCUT2D eigenvalue weighted by Gasteiger charge is 2.27. The number of nitrogens with one attached hydrogen (secondary N) is 1. The van der Waals surface area contributed by atoms with Crippen molar-refractivity contribution in [3.63, 3.8) is 0 Å². The minimum absolute atomic E-state index is 0.0976. The maximum Gasteiger partial charge on any atom is 0.115 e. The molecule has 1 heterocycles. The summed E-state index contributed by atoms with van der Waals surface area (Å²) in [7, 11) is 0. The minimum Gasteiger partial charge on any atom is -0.380 e. The van der Waals surface area contributed by atoms with Crippen LogP contribution >= 0.6 is 0 Å². The third-order valence-corrected chi connectivity index (χ3v) is 3.06. The highest BCUT2D eigenvalue weighted by molar-refractivity contribution is 4.85. The molecule has 13 heavy (non-hydrogen) atoms. The van der Waals surface area contributed by atoms with E-state index in [-0.39, 0.29) is 6.04 Å². The number of hydrogen-bond acceptors (Lipinski definition) is 2. The molecule has 3 atom stereocenters. The van der Waals surface area contributed by atoms with Gasteiger partial charge in [0, 0.05) is 18.7 Å². The minimum atomic E-state index is -0.630. The van der Waals surface area contributed by atoms with Crippen molar-refractivity contribution in [1.29, 1.82) is 0 Å². The lowest BCUT2D eigenvalue weighted by atomic mass is 9.93. The first-order chi connectivity index (χ1) is 6.36. The van der Waals surface area contributed by atoms with Gasteiger partial charge in [0.2, 0.25) is 0 Å². The van der Waals surface area contributed by atoms with E-state index in [4.69, 9.17) is 4.74 Å². The maximum atomic E-state index is 13.4. The molecule has 0 aromatic heterocycles. The summed E-state index contributed by atoms with van der Waals surface area (Å²) < 4.78 is 18.6. The van der Waals surface area contributed by atoms with Crippen LogP contribution in [0.4, 0.5) is 4.39 Å². The molecule has 2 rings (SSSR count). The van der Waals surface area contributed by atoms with Crippen LogP contribution in [-0.2, 0) is 4.74 Å². The molecule has 0 aromatic carbocycles. The molecule has 2 aliphatic rings. The van der Waals surface area contributed by atoms with E-state index in [1.165, 1.54) is 6.42 Å². The Hall–Kier alpha value is -0.150. The molecule has 1 aliphatic carbocycles. The monoisotopic (exact) mass is 187 g/mol. The second-order valence-electron chi connectivity index (χ2n) is 4.13. The molecule has 1 unspecified atom stereocenters. The summed E-state index contributed by atoms with van der Waals surface area (Å²) in [5.74, 6) is 0. The van der Waals surface area contributed by atoms with Crippen LogP contribution in [-0.4, -0.2) is 31.5 Å². The molecule has 2 nitrogen and oxygen atoms in total. The summed E-state index contributed by atoms with van der Waals surface area (Å²) in [5.41, 5.74) is 0. The van der Waals surface area contributed by atoms with Crippen molar-refractivity contribution in [2.75, 3.05) is 13.2 Å². The second-order valence-corrected chi connectivity index (χ2v) is 4.13. The average molecular weight is 187 g/mol. The third-order valence-electron chi connectivity index (χ3n) is 3.06. The number of ether oxygens (including phenoxy) is 1. The Morgan fingerprint density at radius 1 is 1.15 bits per heavy atom. The van der Waals surface area contributed by atoms with Crippen molar-refractivity contribution in [1.82, 2.24) is 5.32 Å². The van der Waals surface area contributed by atoms with E-state index in [1.807, 2.05) is 0 Å². The molecule has 0 amide bonds. The molecule has 1 saturated carbocycles. The number of hydrogen-bond donors (Lipinski definition) is 1. The van der Waals surface area contributed by atoms with Crippen LogP contribution in [0.25, 0.3) is 0 Å². The van der Waals surface area contributed by atoms with Gasteiger partial charge in [0.15, 0.2) is 0 Å². The van der Waals surface area contributed by atoms with Gasteiger partial charge in [-0.3, -0.25) is 0 Å². The van der Waals surface area contributed by atoms with Crippen molar-refractivity contribution in [3.8, 4) is 0 Å². The van der Waals surface area contributed by atoms with Gasteiger partial charge in [-0.1, -0.05) is 12.8 Å². The highest BCUT2D eigenvalue weighted by atomic mass is 19.1. The van der Waals surface area contributed by atoms with Crippen LogP contribution in [0.1, 0.15) is 32.1 Å². The Balaban J connectivity index is 1.78. The van der Waals surface area contributed by atoms with Crippen LogP contribution in [0, 0.1) is 0 Å². The zero-order chi connectivity index (χ0) is 9.10. The first-order valence-electron chi connectivity index (χ1n) is 5.34.